The summed E-state index contributed by atoms with van der Waals surface area (Å²) in [5, 5.41) is 2.92. The Morgan fingerprint density at radius 2 is 1.90 bits per heavy atom. The van der Waals surface area contributed by atoms with Gasteiger partial charge >= 0.3 is 0 Å². The summed E-state index contributed by atoms with van der Waals surface area (Å²) in [7, 11) is 2.01. The van der Waals surface area contributed by atoms with Crippen LogP contribution >= 0.6 is 0 Å². The summed E-state index contributed by atoms with van der Waals surface area (Å²) < 4.78 is 5.74. The van der Waals surface area contributed by atoms with E-state index in [4.69, 9.17) is 4.74 Å². The Morgan fingerprint density at radius 3 is 2.45 bits per heavy atom. The maximum Gasteiger partial charge on any atom is 0.255 e. The van der Waals surface area contributed by atoms with E-state index in [1.54, 1.807) is 0 Å². The van der Waals surface area contributed by atoms with Crippen molar-refractivity contribution in [3.8, 4) is 0 Å². The van der Waals surface area contributed by atoms with E-state index in [-0.39, 0.29) is 17.9 Å². The number of hydrogen-bond acceptors (Lipinski definition) is 4. The maximum atomic E-state index is 12.6. The maximum absolute atomic E-state index is 12.6. The number of hydrogen-bond donors (Lipinski definition) is 1. The minimum atomic E-state index is -0.728. The third-order valence-corrected chi connectivity index (χ3v) is 4.11. The Kier molecular flexibility index (Phi) is 4.65. The van der Waals surface area contributed by atoms with E-state index in [0.29, 0.717) is 26.2 Å². The van der Waals surface area contributed by atoms with Gasteiger partial charge in [-0.3, -0.25) is 9.59 Å². The SMILES string of the molecule is CC(=O)NC1CCN(C(=O)C2(C)CN(C)CCO2)CC1. The van der Waals surface area contributed by atoms with Crippen LogP contribution in [0, 0.1) is 0 Å². The third-order valence-electron chi connectivity index (χ3n) is 4.11. The highest BCUT2D eigenvalue weighted by atomic mass is 16.5. The average Bonchev–Trinajstić information content (AvgIpc) is 2.38. The smallest absolute Gasteiger partial charge is 0.255 e. The van der Waals surface area contributed by atoms with Crippen molar-refractivity contribution in [3.63, 3.8) is 0 Å². The fourth-order valence-corrected chi connectivity index (χ4v) is 3.04. The van der Waals surface area contributed by atoms with Crippen molar-refractivity contribution >= 4 is 11.8 Å². The Morgan fingerprint density at radius 1 is 1.25 bits per heavy atom. The molecule has 20 heavy (non-hydrogen) atoms. The lowest BCUT2D eigenvalue weighted by atomic mass is 9.98. The van der Waals surface area contributed by atoms with Crippen LogP contribution in [0.3, 0.4) is 0 Å². The molecule has 2 rings (SSSR count). The molecule has 6 nitrogen and oxygen atoms in total. The molecule has 1 unspecified atom stereocenters. The molecule has 0 aliphatic carbocycles. The minimum absolute atomic E-state index is 0.000947. The lowest BCUT2D eigenvalue weighted by Gasteiger charge is -2.42. The Balaban J connectivity index is 1.89. The van der Waals surface area contributed by atoms with Gasteiger partial charge < -0.3 is 19.9 Å². The normalized spacial score (nSPS) is 29.2. The van der Waals surface area contributed by atoms with Gasteiger partial charge in [0.05, 0.1) is 6.61 Å². The van der Waals surface area contributed by atoms with Gasteiger partial charge in [-0.15, -0.1) is 0 Å². The van der Waals surface area contributed by atoms with Crippen molar-refractivity contribution in [2.45, 2.75) is 38.3 Å². The summed E-state index contributed by atoms with van der Waals surface area (Å²) >= 11 is 0. The molecule has 2 heterocycles. The van der Waals surface area contributed by atoms with E-state index in [1.165, 1.54) is 6.92 Å². The highest BCUT2D eigenvalue weighted by molar-refractivity contribution is 5.85. The fourth-order valence-electron chi connectivity index (χ4n) is 3.04. The monoisotopic (exact) mass is 283 g/mol. The van der Waals surface area contributed by atoms with E-state index in [2.05, 4.69) is 10.2 Å². The number of likely N-dealkylation sites (N-methyl/N-ethyl adjacent to an activating group) is 1. The lowest BCUT2D eigenvalue weighted by molar-refractivity contribution is -0.167. The van der Waals surface area contributed by atoms with Crippen LogP contribution in [0.5, 0.6) is 0 Å². The zero-order valence-corrected chi connectivity index (χ0v) is 12.6. The molecule has 2 amide bonds. The number of piperidine rings is 1. The first-order valence-electron chi connectivity index (χ1n) is 7.30. The lowest BCUT2D eigenvalue weighted by Crippen LogP contribution is -2.60. The molecular formula is C14H25N3O3. The van der Waals surface area contributed by atoms with Crippen LogP contribution in [0.25, 0.3) is 0 Å². The molecule has 1 N–H and O–H groups in total. The van der Waals surface area contributed by atoms with Gasteiger partial charge in [0.2, 0.25) is 5.91 Å². The zero-order valence-electron chi connectivity index (χ0n) is 12.6. The zero-order chi connectivity index (χ0) is 14.8. The molecular weight excluding hydrogens is 258 g/mol. The van der Waals surface area contributed by atoms with Gasteiger partial charge in [0.1, 0.15) is 0 Å². The minimum Gasteiger partial charge on any atom is -0.363 e. The number of ether oxygens (including phenoxy) is 1. The second-order valence-corrected chi connectivity index (χ2v) is 6.08. The molecule has 0 radical (unpaired) electrons. The second-order valence-electron chi connectivity index (χ2n) is 6.08. The first kappa shape index (κ1) is 15.3. The number of rotatable bonds is 2. The molecule has 114 valence electrons. The summed E-state index contributed by atoms with van der Waals surface area (Å²) in [4.78, 5) is 27.7. The Hall–Kier alpha value is -1.14. The van der Waals surface area contributed by atoms with Crippen molar-refractivity contribution in [1.29, 1.82) is 0 Å². The number of nitrogens with zero attached hydrogens (tertiary/aromatic N) is 2. The van der Waals surface area contributed by atoms with Crippen molar-refractivity contribution < 1.29 is 14.3 Å². The third kappa shape index (κ3) is 3.49. The Labute approximate surface area is 120 Å². The van der Waals surface area contributed by atoms with Crippen LogP contribution in [-0.4, -0.2) is 73.1 Å². The molecule has 0 spiro atoms. The van der Waals surface area contributed by atoms with E-state index in [1.807, 2.05) is 18.9 Å². The van der Waals surface area contributed by atoms with Crippen molar-refractivity contribution in [3.05, 3.63) is 0 Å². The molecule has 0 aromatic rings. The summed E-state index contributed by atoms with van der Waals surface area (Å²) in [6, 6.07) is 0.194. The predicted molar refractivity (Wildman–Crippen MR) is 75.3 cm³/mol. The highest BCUT2D eigenvalue weighted by Crippen LogP contribution is 2.22. The summed E-state index contributed by atoms with van der Waals surface area (Å²) in [6.45, 7) is 6.89. The first-order chi connectivity index (χ1) is 9.40. The average molecular weight is 283 g/mol. The highest BCUT2D eigenvalue weighted by Gasteiger charge is 2.41. The van der Waals surface area contributed by atoms with E-state index >= 15 is 0 Å². The van der Waals surface area contributed by atoms with Gasteiger partial charge in [0.25, 0.3) is 5.91 Å². The number of morpholine rings is 1. The number of carbonyl (C=O) groups is 2. The van der Waals surface area contributed by atoms with Crippen molar-refractivity contribution in [2.75, 3.05) is 39.8 Å². The Bertz CT molecular complexity index is 380. The molecule has 2 saturated heterocycles. The molecule has 0 aromatic heterocycles. The van der Waals surface area contributed by atoms with Crippen LogP contribution in [0.15, 0.2) is 0 Å². The summed E-state index contributed by atoms with van der Waals surface area (Å²) in [6.07, 6.45) is 1.63. The molecule has 0 aromatic carbocycles. The molecule has 0 saturated carbocycles. The largest absolute Gasteiger partial charge is 0.363 e. The van der Waals surface area contributed by atoms with Gasteiger partial charge in [-0.05, 0) is 26.8 Å². The number of likely N-dealkylation sites (tertiary alicyclic amines) is 1. The van der Waals surface area contributed by atoms with Gasteiger partial charge in [-0.25, -0.2) is 0 Å². The van der Waals surface area contributed by atoms with Gasteiger partial charge in [-0.2, -0.15) is 0 Å². The summed E-state index contributed by atoms with van der Waals surface area (Å²) in [5.41, 5.74) is -0.728. The quantitative estimate of drug-likeness (QED) is 0.764. The fraction of sp³-hybridized carbons (Fsp3) is 0.857. The van der Waals surface area contributed by atoms with Gasteiger partial charge in [0, 0.05) is 39.1 Å². The molecule has 0 bridgehead atoms. The van der Waals surface area contributed by atoms with Crippen LogP contribution < -0.4 is 5.32 Å². The molecule has 2 aliphatic rings. The number of amides is 2. The van der Waals surface area contributed by atoms with E-state index < -0.39 is 5.60 Å². The van der Waals surface area contributed by atoms with Gasteiger partial charge in [0.15, 0.2) is 5.60 Å². The first-order valence-corrected chi connectivity index (χ1v) is 7.30. The summed E-state index contributed by atoms with van der Waals surface area (Å²) in [5.74, 6) is 0.0734. The van der Waals surface area contributed by atoms with Crippen molar-refractivity contribution in [2.24, 2.45) is 0 Å². The van der Waals surface area contributed by atoms with Crippen LogP contribution in [0.4, 0.5) is 0 Å². The molecule has 2 fully saturated rings. The van der Waals surface area contributed by atoms with Crippen LogP contribution in [-0.2, 0) is 14.3 Å². The molecule has 2 aliphatic heterocycles. The van der Waals surface area contributed by atoms with Crippen molar-refractivity contribution in [1.82, 2.24) is 15.1 Å². The second kappa shape index (κ2) is 6.10. The molecule has 1 atom stereocenters. The van der Waals surface area contributed by atoms with Crippen LogP contribution in [0.2, 0.25) is 0 Å². The van der Waals surface area contributed by atoms with E-state index in [0.717, 1.165) is 19.4 Å². The van der Waals surface area contributed by atoms with E-state index in [9.17, 15) is 9.59 Å². The topological polar surface area (TPSA) is 61.9 Å². The van der Waals surface area contributed by atoms with Crippen LogP contribution in [0.1, 0.15) is 26.7 Å². The standard InChI is InChI=1S/C14H25N3O3/c1-11(18)15-12-4-6-17(7-5-12)13(19)14(2)10-16(3)8-9-20-14/h12H,4-10H2,1-3H3,(H,15,18). The number of carbonyl (C=O) groups excluding carboxylic acids is 2. The molecule has 6 heteroatoms. The number of nitrogens with one attached hydrogen (secondary N) is 1. The predicted octanol–water partition coefficient (Wildman–Crippen LogP) is -0.166. The van der Waals surface area contributed by atoms with Gasteiger partial charge in [-0.1, -0.05) is 0 Å².